The molecule has 1 aromatic carbocycles. The Morgan fingerprint density at radius 3 is 2.37 bits per heavy atom. The van der Waals surface area contributed by atoms with E-state index in [1.165, 1.54) is 6.92 Å². The number of sulfonamides is 1. The molecule has 0 heterocycles. The number of rotatable bonds is 5. The molecule has 108 valence electrons. The van der Waals surface area contributed by atoms with E-state index in [9.17, 15) is 21.2 Å². The molecule has 0 aliphatic heterocycles. The first-order valence-corrected chi connectivity index (χ1v) is 9.08. The van der Waals surface area contributed by atoms with Crippen molar-refractivity contribution >= 4 is 31.5 Å². The summed E-state index contributed by atoms with van der Waals surface area (Å²) in [5, 5.41) is -0.265. The smallest absolute Gasteiger partial charge is 0.229 e. The Labute approximate surface area is 116 Å². The van der Waals surface area contributed by atoms with Crippen LogP contribution in [-0.4, -0.2) is 34.9 Å². The Morgan fingerprint density at radius 2 is 1.89 bits per heavy atom. The quantitative estimate of drug-likeness (QED) is 0.880. The number of hydrogen-bond donors (Lipinski definition) is 1. The zero-order valence-corrected chi connectivity index (χ0v) is 12.6. The number of sulfone groups is 1. The van der Waals surface area contributed by atoms with Gasteiger partial charge in [-0.05, 0) is 25.1 Å². The molecule has 1 unspecified atom stereocenters. The van der Waals surface area contributed by atoms with E-state index in [1.807, 2.05) is 0 Å². The minimum Gasteiger partial charge on any atom is -0.229 e. The minimum absolute atomic E-state index is 0.265. The van der Waals surface area contributed by atoms with Crippen LogP contribution in [0.4, 0.5) is 4.39 Å². The van der Waals surface area contributed by atoms with E-state index < -0.39 is 31.7 Å². The predicted octanol–water partition coefficient (Wildman–Crippen LogP) is 1.19. The van der Waals surface area contributed by atoms with Crippen LogP contribution in [0.25, 0.3) is 0 Å². The highest BCUT2D eigenvalue weighted by atomic mass is 35.5. The summed E-state index contributed by atoms with van der Waals surface area (Å²) in [6, 6.07) is 2.03. The lowest BCUT2D eigenvalue weighted by Crippen LogP contribution is -2.37. The number of halogens is 2. The summed E-state index contributed by atoms with van der Waals surface area (Å²) in [5.74, 6) is -1.00. The van der Waals surface area contributed by atoms with E-state index in [0.29, 0.717) is 0 Å². The second-order valence-electron chi connectivity index (χ2n) is 4.19. The van der Waals surface area contributed by atoms with E-state index >= 15 is 0 Å². The van der Waals surface area contributed by atoms with Crippen molar-refractivity contribution in [3.8, 4) is 0 Å². The fraction of sp³-hybridized carbons (Fsp3) is 0.400. The van der Waals surface area contributed by atoms with Crippen LogP contribution in [-0.2, 0) is 19.9 Å². The Balaban J connectivity index is 2.99. The molecule has 1 N–H and O–H groups in total. The van der Waals surface area contributed by atoms with Crippen molar-refractivity contribution in [1.82, 2.24) is 4.72 Å². The summed E-state index contributed by atoms with van der Waals surface area (Å²) in [6.07, 6.45) is 1.00. The van der Waals surface area contributed by atoms with Gasteiger partial charge in [-0.1, -0.05) is 11.6 Å². The van der Waals surface area contributed by atoms with Crippen molar-refractivity contribution in [3.63, 3.8) is 0 Å². The van der Waals surface area contributed by atoms with Gasteiger partial charge in [-0.3, -0.25) is 0 Å². The Kier molecular flexibility index (Phi) is 4.94. The minimum atomic E-state index is -3.99. The topological polar surface area (TPSA) is 80.3 Å². The molecule has 0 fully saturated rings. The van der Waals surface area contributed by atoms with Crippen LogP contribution in [0.5, 0.6) is 0 Å². The SMILES string of the molecule is CC(CS(C)(=O)=O)NS(=O)(=O)c1ccc(F)cc1Cl. The van der Waals surface area contributed by atoms with Crippen LogP contribution in [0, 0.1) is 5.82 Å². The maximum atomic E-state index is 12.8. The Bertz CT molecular complexity index is 673. The monoisotopic (exact) mass is 329 g/mol. The van der Waals surface area contributed by atoms with Crippen LogP contribution in [0.1, 0.15) is 6.92 Å². The summed E-state index contributed by atoms with van der Waals surface area (Å²) < 4.78 is 61.0. The Hall–Kier alpha value is -0.700. The second-order valence-corrected chi connectivity index (χ2v) is 8.46. The molecule has 0 saturated heterocycles. The fourth-order valence-corrected chi connectivity index (χ4v) is 4.38. The normalized spacial score (nSPS) is 14.3. The molecule has 0 saturated carbocycles. The maximum absolute atomic E-state index is 12.8. The summed E-state index contributed by atoms with van der Waals surface area (Å²) in [4.78, 5) is -0.295. The average Bonchev–Trinajstić information content (AvgIpc) is 2.11. The molecule has 1 aromatic rings. The first kappa shape index (κ1) is 16.4. The highest BCUT2D eigenvalue weighted by Crippen LogP contribution is 2.22. The van der Waals surface area contributed by atoms with Gasteiger partial charge >= 0.3 is 0 Å². The van der Waals surface area contributed by atoms with Crippen LogP contribution in [0.15, 0.2) is 23.1 Å². The standard InChI is InChI=1S/C10H13ClFNO4S2/c1-7(6-18(2,14)15)13-19(16,17)10-4-3-8(12)5-9(10)11/h3-5,7,13H,6H2,1-2H3. The molecule has 0 amide bonds. The van der Waals surface area contributed by atoms with Gasteiger partial charge in [0.05, 0.1) is 10.8 Å². The number of hydrogen-bond acceptors (Lipinski definition) is 4. The zero-order valence-electron chi connectivity index (χ0n) is 10.2. The lowest BCUT2D eigenvalue weighted by atomic mass is 10.3. The van der Waals surface area contributed by atoms with Crippen LogP contribution in [0.3, 0.4) is 0 Å². The largest absolute Gasteiger partial charge is 0.242 e. The molecule has 0 aliphatic rings. The van der Waals surface area contributed by atoms with Gasteiger partial charge in [-0.2, -0.15) is 0 Å². The first-order chi connectivity index (χ1) is 8.51. The first-order valence-electron chi connectivity index (χ1n) is 5.16. The van der Waals surface area contributed by atoms with Crippen molar-refractivity contribution in [2.24, 2.45) is 0 Å². The van der Waals surface area contributed by atoms with Gasteiger partial charge in [0.2, 0.25) is 10.0 Å². The van der Waals surface area contributed by atoms with Crippen molar-refractivity contribution < 1.29 is 21.2 Å². The molecule has 1 rings (SSSR count). The molecule has 0 bridgehead atoms. The predicted molar refractivity (Wildman–Crippen MR) is 70.9 cm³/mol. The lowest BCUT2D eigenvalue weighted by molar-refractivity contribution is 0.564. The highest BCUT2D eigenvalue weighted by molar-refractivity contribution is 7.91. The van der Waals surface area contributed by atoms with Gasteiger partial charge in [0.15, 0.2) is 0 Å². The van der Waals surface area contributed by atoms with E-state index in [1.54, 1.807) is 0 Å². The van der Waals surface area contributed by atoms with Crippen molar-refractivity contribution in [1.29, 1.82) is 0 Å². The van der Waals surface area contributed by atoms with Gasteiger partial charge in [0.1, 0.15) is 20.5 Å². The zero-order chi connectivity index (χ0) is 14.8. The molecule has 1 atom stereocenters. The third-order valence-electron chi connectivity index (χ3n) is 2.09. The van der Waals surface area contributed by atoms with Gasteiger partial charge in [0, 0.05) is 12.3 Å². The van der Waals surface area contributed by atoms with E-state index in [4.69, 9.17) is 11.6 Å². The number of benzene rings is 1. The average molecular weight is 330 g/mol. The summed E-state index contributed by atoms with van der Waals surface area (Å²) in [6.45, 7) is 1.41. The van der Waals surface area contributed by atoms with Gasteiger partial charge in [-0.15, -0.1) is 0 Å². The molecule has 0 aliphatic carbocycles. The molecular weight excluding hydrogens is 317 g/mol. The molecule has 0 radical (unpaired) electrons. The van der Waals surface area contributed by atoms with Crippen molar-refractivity contribution in [3.05, 3.63) is 29.0 Å². The lowest BCUT2D eigenvalue weighted by Gasteiger charge is -2.14. The Morgan fingerprint density at radius 1 is 1.32 bits per heavy atom. The number of nitrogens with one attached hydrogen (secondary N) is 1. The molecule has 19 heavy (non-hydrogen) atoms. The van der Waals surface area contributed by atoms with Crippen molar-refractivity contribution in [2.45, 2.75) is 17.9 Å². The second kappa shape index (κ2) is 5.74. The van der Waals surface area contributed by atoms with E-state index in [0.717, 1.165) is 24.5 Å². The van der Waals surface area contributed by atoms with Gasteiger partial charge < -0.3 is 0 Å². The maximum Gasteiger partial charge on any atom is 0.242 e. The molecule has 0 aromatic heterocycles. The molecule has 0 spiro atoms. The highest BCUT2D eigenvalue weighted by Gasteiger charge is 2.22. The van der Waals surface area contributed by atoms with E-state index in [2.05, 4.69) is 4.72 Å². The summed E-state index contributed by atoms with van der Waals surface area (Å²) >= 11 is 5.65. The van der Waals surface area contributed by atoms with Crippen LogP contribution in [0.2, 0.25) is 5.02 Å². The third-order valence-corrected chi connectivity index (χ3v) is 5.27. The van der Waals surface area contributed by atoms with Gasteiger partial charge in [-0.25, -0.2) is 25.9 Å². The third kappa shape index (κ3) is 5.06. The van der Waals surface area contributed by atoms with Crippen LogP contribution >= 0.6 is 11.6 Å². The van der Waals surface area contributed by atoms with Gasteiger partial charge in [0.25, 0.3) is 0 Å². The molecule has 9 heteroatoms. The summed E-state index contributed by atoms with van der Waals surface area (Å²) in [7, 11) is -7.31. The van der Waals surface area contributed by atoms with Crippen LogP contribution < -0.4 is 4.72 Å². The molecular formula is C10H13ClFNO4S2. The summed E-state index contributed by atoms with van der Waals surface area (Å²) in [5.41, 5.74) is 0. The van der Waals surface area contributed by atoms with E-state index in [-0.39, 0.29) is 15.7 Å². The molecule has 5 nitrogen and oxygen atoms in total. The fourth-order valence-electron chi connectivity index (χ4n) is 1.51. The van der Waals surface area contributed by atoms with Crippen molar-refractivity contribution in [2.75, 3.05) is 12.0 Å².